The van der Waals surface area contributed by atoms with E-state index in [1.54, 1.807) is 0 Å². The molecule has 3 atom stereocenters. The molecule has 0 aliphatic carbocycles. The van der Waals surface area contributed by atoms with Crippen LogP contribution in [0.25, 0.3) is 0 Å². The summed E-state index contributed by atoms with van der Waals surface area (Å²) in [6.45, 7) is 3.34. The number of halogens is 3. The molecule has 0 radical (unpaired) electrons. The molecule has 3 nitrogen and oxygen atoms in total. The SMILES string of the molecule is C#CCC1CCC(C(CCC(F)(F)F)S(=O)(=O)CC=C)O1. The Morgan fingerprint density at radius 2 is 2.10 bits per heavy atom. The average Bonchev–Trinajstić information content (AvgIpc) is 2.76. The fraction of sp³-hybridized carbons (Fsp3) is 0.714. The molecule has 1 aliphatic rings. The van der Waals surface area contributed by atoms with Gasteiger partial charge in [0.2, 0.25) is 0 Å². The second-order valence-corrected chi connectivity index (χ2v) is 7.36. The van der Waals surface area contributed by atoms with Crippen LogP contribution in [-0.4, -0.2) is 37.8 Å². The Balaban J connectivity index is 2.83. The highest BCUT2D eigenvalue weighted by Gasteiger charge is 2.40. The highest BCUT2D eigenvalue weighted by atomic mass is 32.2. The van der Waals surface area contributed by atoms with Crippen LogP contribution in [0.3, 0.4) is 0 Å². The first kappa shape index (κ1) is 18.1. The number of sulfone groups is 1. The standard InChI is InChI=1S/C14H19F3O3S/c1-3-5-11-6-7-12(20-11)13(8-9-14(15,16)17)21(18,19)10-4-2/h1,4,11-13H,2,5-10H2. The van der Waals surface area contributed by atoms with Crippen LogP contribution in [0, 0.1) is 12.3 Å². The van der Waals surface area contributed by atoms with Gasteiger partial charge in [0.1, 0.15) is 0 Å². The number of terminal acetylenes is 1. The van der Waals surface area contributed by atoms with Gasteiger partial charge in [-0.25, -0.2) is 8.42 Å². The molecule has 0 aromatic carbocycles. The van der Waals surface area contributed by atoms with Crippen LogP contribution in [0.1, 0.15) is 32.1 Å². The largest absolute Gasteiger partial charge is 0.389 e. The van der Waals surface area contributed by atoms with Crippen molar-refractivity contribution in [1.29, 1.82) is 0 Å². The molecule has 1 rings (SSSR count). The smallest absolute Gasteiger partial charge is 0.373 e. The van der Waals surface area contributed by atoms with E-state index >= 15 is 0 Å². The molecule has 0 N–H and O–H groups in total. The molecule has 0 amide bonds. The van der Waals surface area contributed by atoms with Gasteiger partial charge in [-0.3, -0.25) is 0 Å². The van der Waals surface area contributed by atoms with E-state index in [-0.39, 0.29) is 11.9 Å². The number of hydrogen-bond acceptors (Lipinski definition) is 3. The van der Waals surface area contributed by atoms with Gasteiger partial charge in [0.05, 0.1) is 23.2 Å². The zero-order chi connectivity index (χ0) is 16.1. The van der Waals surface area contributed by atoms with Gasteiger partial charge in [0.15, 0.2) is 9.84 Å². The van der Waals surface area contributed by atoms with Crippen molar-refractivity contribution in [2.45, 2.75) is 55.7 Å². The molecule has 0 bridgehead atoms. The fourth-order valence-electron chi connectivity index (χ4n) is 2.48. The molecular formula is C14H19F3O3S. The van der Waals surface area contributed by atoms with E-state index in [9.17, 15) is 21.6 Å². The summed E-state index contributed by atoms with van der Waals surface area (Å²) < 4.78 is 67.0. The van der Waals surface area contributed by atoms with Crippen LogP contribution in [0.2, 0.25) is 0 Å². The van der Waals surface area contributed by atoms with Crippen LogP contribution in [-0.2, 0) is 14.6 Å². The highest BCUT2D eigenvalue weighted by Crippen LogP contribution is 2.32. The summed E-state index contributed by atoms with van der Waals surface area (Å²) in [5.74, 6) is 2.07. The molecule has 1 saturated heterocycles. The van der Waals surface area contributed by atoms with E-state index in [1.807, 2.05) is 0 Å². The topological polar surface area (TPSA) is 43.4 Å². The molecule has 21 heavy (non-hydrogen) atoms. The minimum atomic E-state index is -4.39. The Hall–Kier alpha value is -1.00. The van der Waals surface area contributed by atoms with Crippen LogP contribution >= 0.6 is 0 Å². The minimum Gasteiger partial charge on any atom is -0.373 e. The fourth-order valence-corrected chi connectivity index (χ4v) is 4.19. The third kappa shape index (κ3) is 5.71. The van der Waals surface area contributed by atoms with Crippen LogP contribution in [0.5, 0.6) is 0 Å². The molecule has 0 saturated carbocycles. The Morgan fingerprint density at radius 1 is 1.43 bits per heavy atom. The van der Waals surface area contributed by atoms with E-state index in [0.717, 1.165) is 0 Å². The predicted molar refractivity (Wildman–Crippen MR) is 74.4 cm³/mol. The van der Waals surface area contributed by atoms with Crippen molar-refractivity contribution in [3.63, 3.8) is 0 Å². The van der Waals surface area contributed by atoms with Crippen LogP contribution in [0.4, 0.5) is 13.2 Å². The van der Waals surface area contributed by atoms with Crippen LogP contribution < -0.4 is 0 Å². The lowest BCUT2D eigenvalue weighted by atomic mass is 10.1. The van der Waals surface area contributed by atoms with E-state index in [0.29, 0.717) is 19.3 Å². The predicted octanol–water partition coefficient (Wildman–Crippen LogP) is 2.87. The second kappa shape index (κ2) is 7.32. The summed E-state index contributed by atoms with van der Waals surface area (Å²) in [6.07, 6.45) is 0.643. The number of hydrogen-bond donors (Lipinski definition) is 0. The monoisotopic (exact) mass is 324 g/mol. The first-order valence-electron chi connectivity index (χ1n) is 6.67. The Morgan fingerprint density at radius 3 is 2.62 bits per heavy atom. The lowest BCUT2D eigenvalue weighted by Crippen LogP contribution is -2.36. The third-order valence-electron chi connectivity index (χ3n) is 3.42. The summed E-state index contributed by atoms with van der Waals surface area (Å²) in [7, 11) is -3.71. The molecule has 1 fully saturated rings. The summed E-state index contributed by atoms with van der Waals surface area (Å²) in [5.41, 5.74) is 0. The molecule has 0 spiro atoms. The molecule has 3 unspecified atom stereocenters. The first-order chi connectivity index (χ1) is 9.69. The quantitative estimate of drug-likeness (QED) is 0.534. The first-order valence-corrected chi connectivity index (χ1v) is 8.39. The van der Waals surface area contributed by atoms with Crippen molar-refractivity contribution >= 4 is 9.84 Å². The third-order valence-corrected chi connectivity index (χ3v) is 5.59. The van der Waals surface area contributed by atoms with Gasteiger partial charge in [-0.2, -0.15) is 13.2 Å². The highest BCUT2D eigenvalue weighted by molar-refractivity contribution is 7.92. The number of ether oxygens (including phenoxy) is 1. The van der Waals surface area contributed by atoms with Crippen molar-refractivity contribution in [1.82, 2.24) is 0 Å². The normalized spacial score (nSPS) is 24.5. The Kier molecular flexibility index (Phi) is 6.29. The van der Waals surface area contributed by atoms with E-state index in [4.69, 9.17) is 11.2 Å². The summed E-state index contributed by atoms with van der Waals surface area (Å²) in [5, 5.41) is -1.17. The van der Waals surface area contributed by atoms with Gasteiger partial charge in [0, 0.05) is 12.8 Å². The lowest BCUT2D eigenvalue weighted by molar-refractivity contribution is -0.136. The van der Waals surface area contributed by atoms with Gasteiger partial charge in [0.25, 0.3) is 0 Å². The van der Waals surface area contributed by atoms with Gasteiger partial charge in [-0.15, -0.1) is 18.9 Å². The molecule has 1 heterocycles. The van der Waals surface area contributed by atoms with Crippen molar-refractivity contribution in [2.75, 3.05) is 5.75 Å². The average molecular weight is 324 g/mol. The summed E-state index contributed by atoms with van der Waals surface area (Å²) in [4.78, 5) is 0. The van der Waals surface area contributed by atoms with E-state index < -0.39 is 40.2 Å². The van der Waals surface area contributed by atoms with Crippen molar-refractivity contribution in [2.24, 2.45) is 0 Å². The van der Waals surface area contributed by atoms with Gasteiger partial charge in [-0.05, 0) is 19.3 Å². The maximum Gasteiger partial charge on any atom is 0.389 e. The summed E-state index contributed by atoms with van der Waals surface area (Å²) >= 11 is 0. The van der Waals surface area contributed by atoms with Crippen molar-refractivity contribution in [3.8, 4) is 12.3 Å². The van der Waals surface area contributed by atoms with Crippen LogP contribution in [0.15, 0.2) is 12.7 Å². The number of alkyl halides is 3. The van der Waals surface area contributed by atoms with Crippen molar-refractivity contribution < 1.29 is 26.3 Å². The van der Waals surface area contributed by atoms with E-state index in [2.05, 4.69) is 12.5 Å². The lowest BCUT2D eigenvalue weighted by Gasteiger charge is -2.24. The molecule has 0 aromatic rings. The Labute approximate surface area is 123 Å². The molecular weight excluding hydrogens is 305 g/mol. The zero-order valence-electron chi connectivity index (χ0n) is 11.6. The van der Waals surface area contributed by atoms with Crippen molar-refractivity contribution in [3.05, 3.63) is 12.7 Å². The summed E-state index contributed by atoms with van der Waals surface area (Å²) in [6, 6.07) is 0. The molecule has 1 aliphatic heterocycles. The molecule has 120 valence electrons. The van der Waals surface area contributed by atoms with Gasteiger partial charge in [-0.1, -0.05) is 6.08 Å². The van der Waals surface area contributed by atoms with Gasteiger partial charge < -0.3 is 4.74 Å². The molecule has 7 heteroatoms. The molecule has 0 aromatic heterocycles. The zero-order valence-corrected chi connectivity index (χ0v) is 12.4. The van der Waals surface area contributed by atoms with E-state index in [1.165, 1.54) is 6.08 Å². The minimum absolute atomic E-state index is 0.271. The maximum atomic E-state index is 12.4. The second-order valence-electron chi connectivity index (χ2n) is 5.09. The number of rotatable bonds is 7. The Bertz CT molecular complexity index is 491. The maximum absolute atomic E-state index is 12.4. The van der Waals surface area contributed by atoms with Gasteiger partial charge >= 0.3 is 6.18 Å².